The Balaban J connectivity index is 2.40. The van der Waals surface area contributed by atoms with Crippen molar-refractivity contribution in [3.63, 3.8) is 0 Å². The molecular formula is C14H21N3O4. The summed E-state index contributed by atoms with van der Waals surface area (Å²) in [4.78, 5) is 27.1. The van der Waals surface area contributed by atoms with Crippen LogP contribution in [-0.2, 0) is 20.8 Å². The molecule has 0 aromatic carbocycles. The molecule has 0 fully saturated rings. The SMILES string of the molecule is COCCNC(=O)C(C)NCc1ccc(C(=O)OC)cn1. The van der Waals surface area contributed by atoms with Crippen molar-refractivity contribution >= 4 is 11.9 Å². The smallest absolute Gasteiger partial charge is 0.339 e. The fourth-order valence-corrected chi connectivity index (χ4v) is 1.55. The van der Waals surface area contributed by atoms with Crippen LogP contribution in [0.4, 0.5) is 0 Å². The van der Waals surface area contributed by atoms with E-state index in [-0.39, 0.29) is 11.9 Å². The van der Waals surface area contributed by atoms with Crippen LogP contribution >= 0.6 is 0 Å². The van der Waals surface area contributed by atoms with E-state index in [4.69, 9.17) is 4.74 Å². The molecule has 1 heterocycles. The Morgan fingerprint density at radius 2 is 2.10 bits per heavy atom. The van der Waals surface area contributed by atoms with E-state index in [1.54, 1.807) is 26.2 Å². The maximum Gasteiger partial charge on any atom is 0.339 e. The maximum absolute atomic E-state index is 11.7. The van der Waals surface area contributed by atoms with Crippen LogP contribution in [0.3, 0.4) is 0 Å². The van der Waals surface area contributed by atoms with E-state index >= 15 is 0 Å². The molecule has 0 radical (unpaired) electrons. The highest BCUT2D eigenvalue weighted by atomic mass is 16.5. The Bertz CT molecular complexity index is 462. The monoisotopic (exact) mass is 295 g/mol. The Hall–Kier alpha value is -1.99. The quantitative estimate of drug-likeness (QED) is 0.522. The van der Waals surface area contributed by atoms with E-state index in [2.05, 4.69) is 20.4 Å². The number of nitrogens with one attached hydrogen (secondary N) is 2. The van der Waals surface area contributed by atoms with Crippen LogP contribution in [0.5, 0.6) is 0 Å². The van der Waals surface area contributed by atoms with Crippen LogP contribution in [0.15, 0.2) is 18.3 Å². The van der Waals surface area contributed by atoms with Gasteiger partial charge in [0, 0.05) is 26.4 Å². The zero-order chi connectivity index (χ0) is 15.7. The molecule has 0 spiro atoms. The van der Waals surface area contributed by atoms with E-state index in [0.717, 1.165) is 5.69 Å². The summed E-state index contributed by atoms with van der Waals surface area (Å²) >= 11 is 0. The van der Waals surface area contributed by atoms with Crippen LogP contribution in [-0.4, -0.2) is 50.3 Å². The molecule has 7 nitrogen and oxygen atoms in total. The molecule has 1 atom stereocenters. The van der Waals surface area contributed by atoms with E-state index in [1.807, 2.05) is 0 Å². The minimum Gasteiger partial charge on any atom is -0.465 e. The van der Waals surface area contributed by atoms with E-state index < -0.39 is 5.97 Å². The molecule has 1 aromatic rings. The summed E-state index contributed by atoms with van der Waals surface area (Å²) in [7, 11) is 2.90. The molecule has 0 aliphatic rings. The predicted octanol–water partition coefficient (Wildman–Crippen LogP) is 0.109. The normalized spacial score (nSPS) is 11.8. The lowest BCUT2D eigenvalue weighted by Crippen LogP contribution is -2.42. The number of ether oxygens (including phenoxy) is 2. The summed E-state index contributed by atoms with van der Waals surface area (Å²) < 4.78 is 9.45. The zero-order valence-electron chi connectivity index (χ0n) is 12.5. The second kappa shape index (κ2) is 9.04. The lowest BCUT2D eigenvalue weighted by molar-refractivity contribution is -0.123. The summed E-state index contributed by atoms with van der Waals surface area (Å²) in [6, 6.07) is 3.01. The number of methoxy groups -OCH3 is 2. The van der Waals surface area contributed by atoms with Gasteiger partial charge in [-0.2, -0.15) is 0 Å². The molecule has 1 rings (SSSR count). The lowest BCUT2D eigenvalue weighted by Gasteiger charge is -2.13. The van der Waals surface area contributed by atoms with Crippen molar-refractivity contribution in [1.82, 2.24) is 15.6 Å². The van der Waals surface area contributed by atoms with Crippen molar-refractivity contribution in [2.24, 2.45) is 0 Å². The first-order valence-electron chi connectivity index (χ1n) is 6.61. The summed E-state index contributed by atoms with van der Waals surface area (Å²) in [5.74, 6) is -0.522. The molecule has 7 heteroatoms. The van der Waals surface area contributed by atoms with Crippen LogP contribution in [0.2, 0.25) is 0 Å². The van der Waals surface area contributed by atoms with Gasteiger partial charge in [0.05, 0.1) is 31.0 Å². The number of esters is 1. The number of carbonyl (C=O) groups is 2. The summed E-state index contributed by atoms with van der Waals surface area (Å²) in [6.07, 6.45) is 1.45. The van der Waals surface area contributed by atoms with Crippen LogP contribution in [0, 0.1) is 0 Å². The number of hydrogen-bond acceptors (Lipinski definition) is 6. The molecule has 0 aliphatic heterocycles. The van der Waals surface area contributed by atoms with Crippen LogP contribution < -0.4 is 10.6 Å². The maximum atomic E-state index is 11.7. The second-order valence-electron chi connectivity index (χ2n) is 4.42. The molecule has 0 saturated heterocycles. The third-order valence-electron chi connectivity index (χ3n) is 2.83. The topological polar surface area (TPSA) is 89.6 Å². The first-order valence-corrected chi connectivity index (χ1v) is 6.61. The fraction of sp³-hybridized carbons (Fsp3) is 0.500. The van der Waals surface area contributed by atoms with Gasteiger partial charge in [0.25, 0.3) is 0 Å². The highest BCUT2D eigenvalue weighted by Crippen LogP contribution is 2.02. The average molecular weight is 295 g/mol. The largest absolute Gasteiger partial charge is 0.465 e. The molecule has 116 valence electrons. The number of aromatic nitrogens is 1. The second-order valence-corrected chi connectivity index (χ2v) is 4.42. The average Bonchev–Trinajstić information content (AvgIpc) is 2.52. The fourth-order valence-electron chi connectivity index (χ4n) is 1.55. The number of nitrogens with zero attached hydrogens (tertiary/aromatic N) is 1. The molecule has 0 saturated carbocycles. The van der Waals surface area contributed by atoms with Crippen molar-refractivity contribution in [3.8, 4) is 0 Å². The van der Waals surface area contributed by atoms with Crippen molar-refractivity contribution in [1.29, 1.82) is 0 Å². The Labute approximate surface area is 124 Å². The first-order chi connectivity index (χ1) is 10.1. The third kappa shape index (κ3) is 5.88. The number of carbonyl (C=O) groups excluding carboxylic acids is 2. The minimum absolute atomic E-state index is 0.0989. The van der Waals surface area contributed by atoms with E-state index in [0.29, 0.717) is 25.3 Å². The summed E-state index contributed by atoms with van der Waals surface area (Å²) in [5, 5.41) is 5.80. The number of rotatable bonds is 8. The first kappa shape index (κ1) is 17.1. The number of hydrogen-bond donors (Lipinski definition) is 2. The minimum atomic E-state index is -0.423. The van der Waals surface area contributed by atoms with E-state index in [9.17, 15) is 9.59 Å². The third-order valence-corrected chi connectivity index (χ3v) is 2.83. The van der Waals surface area contributed by atoms with Gasteiger partial charge in [-0.1, -0.05) is 0 Å². The molecule has 1 amide bonds. The van der Waals surface area contributed by atoms with E-state index in [1.165, 1.54) is 13.3 Å². The van der Waals surface area contributed by atoms with Crippen molar-refractivity contribution < 1.29 is 19.1 Å². The van der Waals surface area contributed by atoms with Crippen molar-refractivity contribution in [2.75, 3.05) is 27.4 Å². The molecule has 21 heavy (non-hydrogen) atoms. The molecule has 0 bridgehead atoms. The van der Waals surface area contributed by atoms with Gasteiger partial charge in [-0.05, 0) is 19.1 Å². The molecule has 0 aliphatic carbocycles. The van der Waals surface area contributed by atoms with Gasteiger partial charge in [0.15, 0.2) is 0 Å². The number of pyridine rings is 1. The van der Waals surface area contributed by atoms with Gasteiger partial charge >= 0.3 is 5.97 Å². The Kier molecular flexibility index (Phi) is 7.34. The highest BCUT2D eigenvalue weighted by molar-refractivity contribution is 5.88. The predicted molar refractivity (Wildman–Crippen MR) is 76.8 cm³/mol. The van der Waals surface area contributed by atoms with Gasteiger partial charge in [-0.15, -0.1) is 0 Å². The Morgan fingerprint density at radius 3 is 2.67 bits per heavy atom. The molecule has 1 aromatic heterocycles. The lowest BCUT2D eigenvalue weighted by atomic mass is 10.2. The number of amides is 1. The standard InChI is InChI=1S/C14H21N3O4/c1-10(13(18)15-6-7-20-2)16-9-12-5-4-11(8-17-12)14(19)21-3/h4-5,8,10,16H,6-7,9H2,1-3H3,(H,15,18). The van der Waals surface area contributed by atoms with Crippen LogP contribution in [0.25, 0.3) is 0 Å². The molecule has 1 unspecified atom stereocenters. The van der Waals surface area contributed by atoms with Gasteiger partial charge in [-0.3, -0.25) is 9.78 Å². The molecule has 2 N–H and O–H groups in total. The van der Waals surface area contributed by atoms with Gasteiger partial charge in [0.2, 0.25) is 5.91 Å². The summed E-state index contributed by atoms with van der Waals surface area (Å²) in [5.41, 5.74) is 1.13. The van der Waals surface area contributed by atoms with Gasteiger partial charge in [-0.25, -0.2) is 4.79 Å². The summed E-state index contributed by atoms with van der Waals surface area (Å²) in [6.45, 7) is 3.16. The zero-order valence-corrected chi connectivity index (χ0v) is 12.5. The van der Waals surface area contributed by atoms with Crippen molar-refractivity contribution in [3.05, 3.63) is 29.6 Å². The Morgan fingerprint density at radius 1 is 1.33 bits per heavy atom. The van der Waals surface area contributed by atoms with Crippen molar-refractivity contribution in [2.45, 2.75) is 19.5 Å². The van der Waals surface area contributed by atoms with Crippen LogP contribution in [0.1, 0.15) is 23.0 Å². The highest BCUT2D eigenvalue weighted by Gasteiger charge is 2.12. The van der Waals surface area contributed by atoms with Gasteiger partial charge < -0.3 is 20.1 Å². The molecular weight excluding hydrogens is 274 g/mol. The van der Waals surface area contributed by atoms with Gasteiger partial charge in [0.1, 0.15) is 0 Å².